The predicted octanol–water partition coefficient (Wildman–Crippen LogP) is 3.34. The van der Waals surface area contributed by atoms with Crippen molar-refractivity contribution in [1.29, 1.82) is 0 Å². The molecule has 1 aromatic heterocycles. The highest BCUT2D eigenvalue weighted by atomic mass is 35.5. The number of halogens is 1. The predicted molar refractivity (Wildman–Crippen MR) is 90.7 cm³/mol. The molecule has 0 aliphatic carbocycles. The van der Waals surface area contributed by atoms with Gasteiger partial charge in [-0.15, -0.1) is 10.2 Å². The summed E-state index contributed by atoms with van der Waals surface area (Å²) in [6.07, 6.45) is 3.35. The molecule has 124 valence electrons. The van der Waals surface area contributed by atoms with Crippen LogP contribution in [-0.2, 0) is 26.1 Å². The number of benzene rings is 1. The fourth-order valence-corrected chi connectivity index (χ4v) is 2.96. The summed E-state index contributed by atoms with van der Waals surface area (Å²) < 4.78 is 8.00. The summed E-state index contributed by atoms with van der Waals surface area (Å²) in [5.74, 6) is 2.87. The molecular formula is C17H23ClN4O. The van der Waals surface area contributed by atoms with E-state index >= 15 is 0 Å². The van der Waals surface area contributed by atoms with Gasteiger partial charge in [0.15, 0.2) is 0 Å². The zero-order valence-corrected chi connectivity index (χ0v) is 14.4. The first-order chi connectivity index (χ1) is 11.2. The van der Waals surface area contributed by atoms with Crippen LogP contribution >= 0.6 is 11.6 Å². The third kappa shape index (κ3) is 3.85. The van der Waals surface area contributed by atoms with Gasteiger partial charge in [0.2, 0.25) is 0 Å². The van der Waals surface area contributed by atoms with Crippen LogP contribution < -0.4 is 10.1 Å². The summed E-state index contributed by atoms with van der Waals surface area (Å²) in [5, 5.41) is 12.5. The van der Waals surface area contributed by atoms with Gasteiger partial charge in [-0.1, -0.05) is 24.6 Å². The van der Waals surface area contributed by atoms with E-state index in [1.165, 1.54) is 6.42 Å². The average molecular weight is 335 g/mol. The first-order valence-electron chi connectivity index (χ1n) is 8.24. The van der Waals surface area contributed by atoms with Crippen molar-refractivity contribution in [3.8, 4) is 5.75 Å². The number of aryl methyl sites for hydroxylation is 1. The van der Waals surface area contributed by atoms with E-state index in [1.54, 1.807) is 0 Å². The van der Waals surface area contributed by atoms with E-state index in [0.29, 0.717) is 5.02 Å². The monoisotopic (exact) mass is 334 g/mol. The standard InChI is InChI=1S/C17H23ClN4O/c1-3-12(2)23-15-7-6-13(9-14(15)18)10-19-11-17-21-20-16-5-4-8-22(16)17/h6-7,9,12,19H,3-5,8,10-11H2,1-2H3. The van der Waals surface area contributed by atoms with Crippen LogP contribution in [0, 0.1) is 0 Å². The van der Waals surface area contributed by atoms with E-state index in [4.69, 9.17) is 16.3 Å². The molecule has 1 aromatic carbocycles. The molecule has 3 rings (SSSR count). The molecule has 0 amide bonds. The molecule has 0 radical (unpaired) electrons. The third-order valence-electron chi connectivity index (χ3n) is 4.20. The second-order valence-corrected chi connectivity index (χ2v) is 6.40. The van der Waals surface area contributed by atoms with Gasteiger partial charge in [-0.05, 0) is 37.5 Å². The molecule has 1 unspecified atom stereocenters. The summed E-state index contributed by atoms with van der Waals surface area (Å²) >= 11 is 6.31. The lowest BCUT2D eigenvalue weighted by molar-refractivity contribution is 0.217. The molecule has 5 nitrogen and oxygen atoms in total. The molecule has 6 heteroatoms. The molecule has 0 bridgehead atoms. The Balaban J connectivity index is 1.55. The number of fused-ring (bicyclic) bond motifs is 1. The lowest BCUT2D eigenvalue weighted by Gasteiger charge is -2.14. The van der Waals surface area contributed by atoms with Crippen molar-refractivity contribution in [2.45, 2.75) is 58.8 Å². The SMILES string of the molecule is CCC(C)Oc1ccc(CNCc2nnc3n2CCC3)cc1Cl. The van der Waals surface area contributed by atoms with E-state index in [2.05, 4.69) is 27.0 Å². The van der Waals surface area contributed by atoms with Crippen LogP contribution in [0.5, 0.6) is 5.75 Å². The third-order valence-corrected chi connectivity index (χ3v) is 4.49. The summed E-state index contributed by atoms with van der Waals surface area (Å²) in [7, 11) is 0. The first-order valence-corrected chi connectivity index (χ1v) is 8.62. The maximum Gasteiger partial charge on any atom is 0.147 e. The Hall–Kier alpha value is -1.59. The smallest absolute Gasteiger partial charge is 0.147 e. The number of nitrogens with one attached hydrogen (secondary N) is 1. The van der Waals surface area contributed by atoms with Crippen LogP contribution in [0.3, 0.4) is 0 Å². The van der Waals surface area contributed by atoms with E-state index in [0.717, 1.165) is 55.4 Å². The Bertz CT molecular complexity index is 671. The molecule has 23 heavy (non-hydrogen) atoms. The topological polar surface area (TPSA) is 52.0 Å². The van der Waals surface area contributed by atoms with Crippen molar-refractivity contribution in [3.05, 3.63) is 40.4 Å². The number of nitrogens with zero attached hydrogens (tertiary/aromatic N) is 3. The van der Waals surface area contributed by atoms with E-state index in [1.807, 2.05) is 25.1 Å². The molecule has 1 aliphatic rings. The van der Waals surface area contributed by atoms with Crippen LogP contribution in [0.4, 0.5) is 0 Å². The highest BCUT2D eigenvalue weighted by Crippen LogP contribution is 2.27. The quantitative estimate of drug-likeness (QED) is 0.843. The van der Waals surface area contributed by atoms with Gasteiger partial charge in [0.05, 0.1) is 17.7 Å². The lowest BCUT2D eigenvalue weighted by Crippen LogP contribution is -2.16. The fourth-order valence-electron chi connectivity index (χ4n) is 2.71. The van der Waals surface area contributed by atoms with Gasteiger partial charge in [0.1, 0.15) is 17.4 Å². The maximum atomic E-state index is 6.31. The van der Waals surface area contributed by atoms with Crippen molar-refractivity contribution < 1.29 is 4.74 Å². The largest absolute Gasteiger partial charge is 0.489 e. The molecule has 1 aliphatic heterocycles. The fraction of sp³-hybridized carbons (Fsp3) is 0.529. The highest BCUT2D eigenvalue weighted by molar-refractivity contribution is 6.32. The Morgan fingerprint density at radius 3 is 3.00 bits per heavy atom. The Morgan fingerprint density at radius 1 is 1.35 bits per heavy atom. The molecule has 2 aromatic rings. The second kappa shape index (κ2) is 7.32. The van der Waals surface area contributed by atoms with Gasteiger partial charge in [0.25, 0.3) is 0 Å². The Labute approximate surface area is 142 Å². The number of aromatic nitrogens is 3. The Morgan fingerprint density at radius 2 is 2.22 bits per heavy atom. The van der Waals surface area contributed by atoms with Crippen molar-refractivity contribution in [2.75, 3.05) is 0 Å². The maximum absolute atomic E-state index is 6.31. The van der Waals surface area contributed by atoms with Crippen molar-refractivity contribution in [3.63, 3.8) is 0 Å². The van der Waals surface area contributed by atoms with Crippen LogP contribution in [0.25, 0.3) is 0 Å². The number of hydrogen-bond donors (Lipinski definition) is 1. The molecule has 2 heterocycles. The van der Waals surface area contributed by atoms with Crippen LogP contribution in [0.2, 0.25) is 5.02 Å². The lowest BCUT2D eigenvalue weighted by atomic mass is 10.2. The Kier molecular flexibility index (Phi) is 5.18. The summed E-state index contributed by atoms with van der Waals surface area (Å²) in [4.78, 5) is 0. The van der Waals surface area contributed by atoms with Gasteiger partial charge < -0.3 is 14.6 Å². The van der Waals surface area contributed by atoms with Crippen molar-refractivity contribution >= 4 is 11.6 Å². The van der Waals surface area contributed by atoms with Gasteiger partial charge >= 0.3 is 0 Å². The normalized spacial score (nSPS) is 14.7. The minimum Gasteiger partial charge on any atom is -0.489 e. The number of ether oxygens (including phenoxy) is 1. The van der Waals surface area contributed by atoms with E-state index < -0.39 is 0 Å². The highest BCUT2D eigenvalue weighted by Gasteiger charge is 2.16. The molecule has 0 saturated heterocycles. The molecule has 0 saturated carbocycles. The zero-order chi connectivity index (χ0) is 16.2. The van der Waals surface area contributed by atoms with Crippen LogP contribution in [0.1, 0.15) is 43.9 Å². The van der Waals surface area contributed by atoms with Crippen LogP contribution in [-0.4, -0.2) is 20.9 Å². The number of rotatable bonds is 7. The van der Waals surface area contributed by atoms with E-state index in [-0.39, 0.29) is 6.10 Å². The van der Waals surface area contributed by atoms with Gasteiger partial charge in [-0.25, -0.2) is 0 Å². The van der Waals surface area contributed by atoms with Gasteiger partial charge in [0, 0.05) is 19.5 Å². The molecular weight excluding hydrogens is 312 g/mol. The first kappa shape index (κ1) is 16.3. The minimum atomic E-state index is 0.173. The summed E-state index contributed by atoms with van der Waals surface area (Å²) in [5.41, 5.74) is 1.13. The minimum absolute atomic E-state index is 0.173. The van der Waals surface area contributed by atoms with Gasteiger partial charge in [-0.2, -0.15) is 0 Å². The number of hydrogen-bond acceptors (Lipinski definition) is 4. The van der Waals surface area contributed by atoms with E-state index in [9.17, 15) is 0 Å². The molecule has 0 fully saturated rings. The van der Waals surface area contributed by atoms with Crippen molar-refractivity contribution in [1.82, 2.24) is 20.1 Å². The zero-order valence-electron chi connectivity index (χ0n) is 13.7. The van der Waals surface area contributed by atoms with Gasteiger partial charge in [-0.3, -0.25) is 0 Å². The van der Waals surface area contributed by atoms with Crippen LogP contribution in [0.15, 0.2) is 18.2 Å². The van der Waals surface area contributed by atoms with Crippen molar-refractivity contribution in [2.24, 2.45) is 0 Å². The molecule has 1 atom stereocenters. The average Bonchev–Trinajstić information content (AvgIpc) is 3.14. The molecule has 1 N–H and O–H groups in total. The molecule has 0 spiro atoms. The summed E-state index contributed by atoms with van der Waals surface area (Å²) in [6, 6.07) is 5.95. The summed E-state index contributed by atoms with van der Waals surface area (Å²) in [6.45, 7) is 6.63. The second-order valence-electron chi connectivity index (χ2n) is 5.99.